The van der Waals surface area contributed by atoms with E-state index in [2.05, 4.69) is 15.6 Å². The fourth-order valence-electron chi connectivity index (χ4n) is 2.23. The van der Waals surface area contributed by atoms with Gasteiger partial charge in [-0.3, -0.25) is 20.2 Å². The number of benzene rings is 2. The number of hydrogen-bond donors (Lipinski definition) is 2. The zero-order chi connectivity index (χ0) is 19.6. The number of fused-ring (bicyclic) bond motifs is 1. The van der Waals surface area contributed by atoms with Gasteiger partial charge in [0.1, 0.15) is 5.82 Å². The number of nitrogens with one attached hydrogen (secondary N) is 2. The number of anilines is 1. The van der Waals surface area contributed by atoms with Crippen LogP contribution in [-0.2, 0) is 0 Å². The number of hydrogen-bond acceptors (Lipinski definition) is 7. The van der Waals surface area contributed by atoms with Gasteiger partial charge in [0, 0.05) is 11.6 Å². The number of ether oxygens (including phenoxy) is 1. The number of amides is 1. The van der Waals surface area contributed by atoms with Crippen LogP contribution in [0.3, 0.4) is 0 Å². The highest BCUT2D eigenvalue weighted by atomic mass is 32.1. The van der Waals surface area contributed by atoms with Gasteiger partial charge in [-0.05, 0) is 42.5 Å². The molecule has 0 spiro atoms. The zero-order valence-corrected chi connectivity index (χ0v) is 15.3. The van der Waals surface area contributed by atoms with Crippen molar-refractivity contribution in [2.24, 2.45) is 0 Å². The summed E-state index contributed by atoms with van der Waals surface area (Å²) in [5, 5.41) is 16.5. The summed E-state index contributed by atoms with van der Waals surface area (Å²) >= 11 is 6.23. The van der Waals surface area contributed by atoms with Crippen LogP contribution in [0.4, 0.5) is 15.2 Å². The molecular formula is C16H11FN4O4S2. The quantitative estimate of drug-likeness (QED) is 0.388. The minimum atomic E-state index is -0.646. The summed E-state index contributed by atoms with van der Waals surface area (Å²) in [5.41, 5.74) is 0.291. The standard InChI is InChI=1S/C16H11FN4O4S2/c1-25-12-5-2-8(6-11(12)21(23)24)14(22)19-15(26)20-16-18-10-4-3-9(17)7-13(10)27-16/h2-7H,1H3,(H2,18,19,20,22,26). The highest BCUT2D eigenvalue weighted by Crippen LogP contribution is 2.28. The van der Waals surface area contributed by atoms with E-state index >= 15 is 0 Å². The van der Waals surface area contributed by atoms with E-state index in [0.29, 0.717) is 15.3 Å². The maximum atomic E-state index is 13.2. The van der Waals surface area contributed by atoms with E-state index in [1.807, 2.05) is 0 Å². The molecule has 0 aliphatic heterocycles. The SMILES string of the molecule is COc1ccc(C(=O)NC(=S)Nc2nc3ccc(F)cc3s2)cc1[N+](=O)[O-]. The lowest BCUT2D eigenvalue weighted by molar-refractivity contribution is -0.385. The predicted molar refractivity (Wildman–Crippen MR) is 103 cm³/mol. The fraction of sp³-hybridized carbons (Fsp3) is 0.0625. The first-order chi connectivity index (χ1) is 12.9. The molecule has 0 unspecified atom stereocenters. The van der Waals surface area contributed by atoms with Gasteiger partial charge >= 0.3 is 5.69 Å². The van der Waals surface area contributed by atoms with Gasteiger partial charge in [0.05, 0.1) is 22.2 Å². The zero-order valence-electron chi connectivity index (χ0n) is 13.7. The van der Waals surface area contributed by atoms with Crippen LogP contribution in [-0.4, -0.2) is 28.0 Å². The van der Waals surface area contributed by atoms with E-state index in [1.54, 1.807) is 0 Å². The van der Waals surface area contributed by atoms with Gasteiger partial charge in [-0.25, -0.2) is 9.37 Å². The van der Waals surface area contributed by atoms with Crippen molar-refractivity contribution in [1.82, 2.24) is 10.3 Å². The second kappa shape index (κ2) is 7.60. The maximum absolute atomic E-state index is 13.2. The first kappa shape index (κ1) is 18.6. The van der Waals surface area contributed by atoms with Crippen molar-refractivity contribution in [2.45, 2.75) is 0 Å². The van der Waals surface area contributed by atoms with E-state index in [1.165, 1.54) is 48.8 Å². The molecule has 0 aliphatic carbocycles. The minimum absolute atomic E-state index is 0.0398. The van der Waals surface area contributed by atoms with Crippen LogP contribution >= 0.6 is 23.6 Å². The Bertz CT molecular complexity index is 1070. The number of rotatable bonds is 4. The van der Waals surface area contributed by atoms with Crippen molar-refractivity contribution >= 4 is 55.6 Å². The molecule has 1 amide bonds. The van der Waals surface area contributed by atoms with Crippen LogP contribution in [0.15, 0.2) is 36.4 Å². The van der Waals surface area contributed by atoms with Crippen LogP contribution in [0.5, 0.6) is 5.75 Å². The largest absolute Gasteiger partial charge is 0.490 e. The minimum Gasteiger partial charge on any atom is -0.490 e. The Morgan fingerprint density at radius 2 is 2.11 bits per heavy atom. The number of nitro groups is 1. The lowest BCUT2D eigenvalue weighted by Gasteiger charge is -2.08. The Labute approximate surface area is 161 Å². The molecule has 138 valence electrons. The van der Waals surface area contributed by atoms with E-state index in [4.69, 9.17) is 17.0 Å². The lowest BCUT2D eigenvalue weighted by atomic mass is 10.2. The monoisotopic (exact) mass is 406 g/mol. The molecule has 2 aromatic carbocycles. The van der Waals surface area contributed by atoms with Gasteiger partial charge in [0.15, 0.2) is 16.0 Å². The summed E-state index contributed by atoms with van der Waals surface area (Å²) in [6.45, 7) is 0. The number of carbonyl (C=O) groups excluding carboxylic acids is 1. The molecule has 3 rings (SSSR count). The van der Waals surface area contributed by atoms with Crippen molar-refractivity contribution in [3.8, 4) is 5.75 Å². The van der Waals surface area contributed by atoms with Crippen molar-refractivity contribution < 1.29 is 18.8 Å². The lowest BCUT2D eigenvalue weighted by Crippen LogP contribution is -2.34. The molecule has 3 aromatic rings. The van der Waals surface area contributed by atoms with Gasteiger partial charge in [0.2, 0.25) is 0 Å². The predicted octanol–water partition coefficient (Wildman–Crippen LogP) is 3.48. The Kier molecular flexibility index (Phi) is 5.23. The van der Waals surface area contributed by atoms with Gasteiger partial charge in [-0.1, -0.05) is 11.3 Å². The van der Waals surface area contributed by atoms with Crippen LogP contribution in [0.1, 0.15) is 10.4 Å². The van der Waals surface area contributed by atoms with Crippen molar-refractivity contribution in [3.63, 3.8) is 0 Å². The topological polar surface area (TPSA) is 106 Å². The molecule has 0 saturated heterocycles. The molecule has 0 fully saturated rings. The average Bonchev–Trinajstić information content (AvgIpc) is 3.01. The van der Waals surface area contributed by atoms with E-state index in [0.717, 1.165) is 6.07 Å². The molecule has 0 bridgehead atoms. The molecule has 0 radical (unpaired) electrons. The van der Waals surface area contributed by atoms with Crippen molar-refractivity contribution in [2.75, 3.05) is 12.4 Å². The molecule has 8 nitrogen and oxygen atoms in total. The molecule has 0 aliphatic rings. The summed E-state index contributed by atoms with van der Waals surface area (Å²) in [6, 6.07) is 7.97. The van der Waals surface area contributed by atoms with Crippen molar-refractivity contribution in [3.05, 3.63) is 57.9 Å². The maximum Gasteiger partial charge on any atom is 0.311 e. The number of halogens is 1. The molecule has 11 heteroatoms. The molecule has 1 heterocycles. The van der Waals surface area contributed by atoms with Crippen LogP contribution in [0.2, 0.25) is 0 Å². The summed E-state index contributed by atoms with van der Waals surface area (Å²) in [7, 11) is 1.30. The summed E-state index contributed by atoms with van der Waals surface area (Å²) in [6.07, 6.45) is 0. The number of thiocarbonyl (C=S) groups is 1. The number of carbonyl (C=O) groups is 1. The van der Waals surface area contributed by atoms with Gasteiger partial charge < -0.3 is 10.1 Å². The smallest absolute Gasteiger partial charge is 0.311 e. The summed E-state index contributed by atoms with van der Waals surface area (Å²) in [4.78, 5) is 26.9. The molecule has 2 N–H and O–H groups in total. The average molecular weight is 406 g/mol. The van der Waals surface area contributed by atoms with Gasteiger partial charge in [-0.15, -0.1) is 0 Å². The number of nitrogens with zero attached hydrogens (tertiary/aromatic N) is 2. The van der Waals surface area contributed by atoms with E-state index < -0.39 is 10.8 Å². The molecule has 0 saturated carbocycles. The number of aromatic nitrogens is 1. The molecule has 1 aromatic heterocycles. The first-order valence-corrected chi connectivity index (χ1v) is 8.60. The van der Waals surface area contributed by atoms with Gasteiger partial charge in [-0.2, -0.15) is 0 Å². The van der Waals surface area contributed by atoms with Crippen LogP contribution in [0, 0.1) is 15.9 Å². The Morgan fingerprint density at radius 1 is 1.33 bits per heavy atom. The van der Waals surface area contributed by atoms with Gasteiger partial charge in [0.25, 0.3) is 5.91 Å². The Morgan fingerprint density at radius 3 is 2.81 bits per heavy atom. The third kappa shape index (κ3) is 4.15. The summed E-state index contributed by atoms with van der Waals surface area (Å²) in [5.74, 6) is -0.973. The highest BCUT2D eigenvalue weighted by Gasteiger charge is 2.19. The molecular weight excluding hydrogens is 395 g/mol. The summed E-state index contributed by atoms with van der Waals surface area (Å²) < 4.78 is 18.7. The van der Waals surface area contributed by atoms with E-state index in [9.17, 15) is 19.3 Å². The second-order valence-electron chi connectivity index (χ2n) is 5.18. The molecule has 0 atom stereocenters. The first-order valence-electron chi connectivity index (χ1n) is 7.38. The third-order valence-electron chi connectivity index (χ3n) is 3.44. The van der Waals surface area contributed by atoms with E-state index in [-0.39, 0.29) is 27.9 Å². The normalized spacial score (nSPS) is 10.4. The second-order valence-corrected chi connectivity index (χ2v) is 6.62. The number of nitro benzene ring substituents is 1. The third-order valence-corrected chi connectivity index (χ3v) is 4.57. The van der Waals surface area contributed by atoms with Crippen LogP contribution < -0.4 is 15.4 Å². The molecule has 27 heavy (non-hydrogen) atoms. The Hall–Kier alpha value is -3.18. The number of thiazole rings is 1. The van der Waals surface area contributed by atoms with Crippen molar-refractivity contribution in [1.29, 1.82) is 0 Å². The number of methoxy groups -OCH3 is 1. The fourth-order valence-corrected chi connectivity index (χ4v) is 3.38. The Balaban J connectivity index is 1.72. The van der Waals surface area contributed by atoms with Crippen LogP contribution in [0.25, 0.3) is 10.2 Å². The highest BCUT2D eigenvalue weighted by molar-refractivity contribution is 7.80.